The van der Waals surface area contributed by atoms with Crippen molar-refractivity contribution in [1.29, 1.82) is 0 Å². The Balaban J connectivity index is 2.26. The Bertz CT molecular complexity index is 430. The molecule has 0 aromatic carbocycles. The van der Waals surface area contributed by atoms with Gasteiger partial charge in [-0.25, -0.2) is 0 Å². The number of anilines is 1. The summed E-state index contributed by atoms with van der Waals surface area (Å²) in [6.07, 6.45) is 0.265. The van der Waals surface area contributed by atoms with Gasteiger partial charge in [-0.15, -0.1) is 0 Å². The summed E-state index contributed by atoms with van der Waals surface area (Å²) in [7, 11) is 1.76. The molecule has 0 aliphatic heterocycles. The van der Waals surface area contributed by atoms with E-state index >= 15 is 0 Å². The number of aryl methyl sites for hydroxylation is 1. The standard InChI is InChI=1S/C12H19N3O4/c1-4-18-12(17)5-6-15(3)8-11(16)13-10-7-9(2)19-14-10/h7H,4-6,8H2,1-3H3,(H,13,14,16). The van der Waals surface area contributed by atoms with Gasteiger partial charge in [0.15, 0.2) is 5.82 Å². The minimum atomic E-state index is -0.262. The van der Waals surface area contributed by atoms with Gasteiger partial charge in [0.25, 0.3) is 0 Å². The molecule has 1 aromatic rings. The smallest absolute Gasteiger partial charge is 0.307 e. The van der Waals surface area contributed by atoms with Crippen molar-refractivity contribution in [1.82, 2.24) is 10.1 Å². The molecule has 19 heavy (non-hydrogen) atoms. The highest BCUT2D eigenvalue weighted by molar-refractivity contribution is 5.91. The molecule has 7 heteroatoms. The number of aromatic nitrogens is 1. The summed E-state index contributed by atoms with van der Waals surface area (Å²) < 4.78 is 9.64. The van der Waals surface area contributed by atoms with E-state index in [1.165, 1.54) is 0 Å². The van der Waals surface area contributed by atoms with Crippen molar-refractivity contribution in [2.45, 2.75) is 20.3 Å². The molecule has 1 rings (SSSR count). The first-order chi connectivity index (χ1) is 9.01. The zero-order chi connectivity index (χ0) is 14.3. The molecule has 1 N–H and O–H groups in total. The lowest BCUT2D eigenvalue weighted by Gasteiger charge is -2.14. The number of esters is 1. The van der Waals surface area contributed by atoms with Crippen molar-refractivity contribution in [2.75, 3.05) is 32.1 Å². The molecule has 7 nitrogen and oxygen atoms in total. The van der Waals surface area contributed by atoms with Crippen molar-refractivity contribution >= 4 is 17.7 Å². The van der Waals surface area contributed by atoms with Gasteiger partial charge in [0.05, 0.1) is 19.6 Å². The van der Waals surface area contributed by atoms with Crippen molar-refractivity contribution in [3.63, 3.8) is 0 Å². The summed E-state index contributed by atoms with van der Waals surface area (Å²) in [4.78, 5) is 24.5. The second-order valence-corrected chi connectivity index (χ2v) is 4.16. The van der Waals surface area contributed by atoms with Crippen molar-refractivity contribution in [3.8, 4) is 0 Å². The minimum Gasteiger partial charge on any atom is -0.466 e. The van der Waals surface area contributed by atoms with Crippen LogP contribution in [-0.2, 0) is 14.3 Å². The van der Waals surface area contributed by atoms with Gasteiger partial charge in [-0.1, -0.05) is 5.16 Å². The van der Waals surface area contributed by atoms with Crippen LogP contribution < -0.4 is 5.32 Å². The van der Waals surface area contributed by atoms with E-state index in [-0.39, 0.29) is 24.8 Å². The summed E-state index contributed by atoms with van der Waals surface area (Å²) in [5, 5.41) is 6.27. The largest absolute Gasteiger partial charge is 0.466 e. The van der Waals surface area contributed by atoms with Crippen LogP contribution in [-0.4, -0.2) is 48.7 Å². The van der Waals surface area contributed by atoms with Crippen LogP contribution in [0, 0.1) is 6.92 Å². The first-order valence-corrected chi connectivity index (χ1v) is 6.08. The molecule has 1 aromatic heterocycles. The van der Waals surface area contributed by atoms with Gasteiger partial charge in [0, 0.05) is 12.6 Å². The number of hydrogen-bond acceptors (Lipinski definition) is 6. The fourth-order valence-corrected chi connectivity index (χ4v) is 1.45. The maximum absolute atomic E-state index is 11.7. The third-order valence-corrected chi connectivity index (χ3v) is 2.31. The fourth-order valence-electron chi connectivity index (χ4n) is 1.45. The van der Waals surface area contributed by atoms with Gasteiger partial charge >= 0.3 is 5.97 Å². The molecule has 1 amide bonds. The van der Waals surface area contributed by atoms with Crippen LogP contribution in [0.4, 0.5) is 5.82 Å². The maximum atomic E-state index is 11.7. The van der Waals surface area contributed by atoms with Gasteiger partial charge in [0.1, 0.15) is 5.76 Å². The highest BCUT2D eigenvalue weighted by Crippen LogP contribution is 2.06. The van der Waals surface area contributed by atoms with Gasteiger partial charge in [-0.3, -0.25) is 14.5 Å². The molecule has 0 atom stereocenters. The summed E-state index contributed by atoms with van der Waals surface area (Å²) in [5.41, 5.74) is 0. The lowest BCUT2D eigenvalue weighted by molar-refractivity contribution is -0.143. The van der Waals surface area contributed by atoms with Crippen LogP contribution in [0.25, 0.3) is 0 Å². The van der Waals surface area contributed by atoms with Crippen LogP contribution in [0.1, 0.15) is 19.1 Å². The zero-order valence-electron chi connectivity index (χ0n) is 11.4. The Morgan fingerprint density at radius 2 is 2.26 bits per heavy atom. The van der Waals surface area contributed by atoms with E-state index in [1.54, 1.807) is 31.9 Å². The first kappa shape index (κ1) is 15.2. The zero-order valence-corrected chi connectivity index (χ0v) is 11.4. The van der Waals surface area contributed by atoms with E-state index < -0.39 is 0 Å². The SMILES string of the molecule is CCOC(=O)CCN(C)CC(=O)Nc1cc(C)on1. The number of hydrogen-bond donors (Lipinski definition) is 1. The molecule has 106 valence electrons. The molecule has 0 aliphatic carbocycles. The molecule has 0 aliphatic rings. The minimum absolute atomic E-state index is 0.172. The number of amides is 1. The summed E-state index contributed by atoms with van der Waals surface area (Å²) in [5.74, 6) is 0.550. The maximum Gasteiger partial charge on any atom is 0.307 e. The normalized spacial score (nSPS) is 10.5. The van der Waals surface area contributed by atoms with Gasteiger partial charge in [-0.05, 0) is 20.9 Å². The predicted octanol–water partition coefficient (Wildman–Crippen LogP) is 0.807. The Kier molecular flexibility index (Phi) is 6.01. The molecular formula is C12H19N3O4. The van der Waals surface area contributed by atoms with E-state index in [2.05, 4.69) is 10.5 Å². The Morgan fingerprint density at radius 1 is 1.53 bits per heavy atom. The Morgan fingerprint density at radius 3 is 2.84 bits per heavy atom. The highest BCUT2D eigenvalue weighted by atomic mass is 16.5. The Labute approximate surface area is 111 Å². The number of nitrogens with zero attached hydrogens (tertiary/aromatic N) is 2. The number of ether oxygens (including phenoxy) is 1. The van der Waals surface area contributed by atoms with E-state index in [4.69, 9.17) is 9.26 Å². The van der Waals surface area contributed by atoms with E-state index in [0.29, 0.717) is 24.7 Å². The summed E-state index contributed by atoms with van der Waals surface area (Å²) >= 11 is 0. The molecule has 0 radical (unpaired) electrons. The predicted molar refractivity (Wildman–Crippen MR) is 68.6 cm³/mol. The summed E-state index contributed by atoms with van der Waals surface area (Å²) in [6, 6.07) is 1.64. The second kappa shape index (κ2) is 7.52. The van der Waals surface area contributed by atoms with Gasteiger partial charge in [-0.2, -0.15) is 0 Å². The molecule has 0 spiro atoms. The molecule has 0 fully saturated rings. The number of carbonyl (C=O) groups excluding carboxylic acids is 2. The van der Waals surface area contributed by atoms with Crippen LogP contribution in [0.5, 0.6) is 0 Å². The van der Waals surface area contributed by atoms with Crippen LogP contribution in [0.15, 0.2) is 10.6 Å². The third kappa shape index (κ3) is 6.01. The molecule has 0 saturated heterocycles. The average Bonchev–Trinajstić information content (AvgIpc) is 2.72. The van der Waals surface area contributed by atoms with Crippen molar-refractivity contribution in [2.24, 2.45) is 0 Å². The monoisotopic (exact) mass is 269 g/mol. The lowest BCUT2D eigenvalue weighted by Crippen LogP contribution is -2.32. The quantitative estimate of drug-likeness (QED) is 0.737. The Hall–Kier alpha value is -1.89. The van der Waals surface area contributed by atoms with Crippen molar-refractivity contribution < 1.29 is 18.8 Å². The number of nitrogens with one attached hydrogen (secondary N) is 1. The van der Waals surface area contributed by atoms with Crippen molar-refractivity contribution in [3.05, 3.63) is 11.8 Å². The van der Waals surface area contributed by atoms with Crippen LogP contribution in [0.3, 0.4) is 0 Å². The molecule has 0 saturated carbocycles. The molecule has 0 bridgehead atoms. The highest BCUT2D eigenvalue weighted by Gasteiger charge is 2.11. The molecule has 1 heterocycles. The second-order valence-electron chi connectivity index (χ2n) is 4.16. The van der Waals surface area contributed by atoms with E-state index in [9.17, 15) is 9.59 Å². The van der Waals surface area contributed by atoms with Crippen LogP contribution in [0.2, 0.25) is 0 Å². The summed E-state index contributed by atoms with van der Waals surface area (Å²) in [6.45, 7) is 4.51. The van der Waals surface area contributed by atoms with E-state index in [1.807, 2.05) is 0 Å². The first-order valence-electron chi connectivity index (χ1n) is 6.08. The fraction of sp³-hybridized carbons (Fsp3) is 0.583. The van der Waals surface area contributed by atoms with Gasteiger partial charge in [0.2, 0.25) is 5.91 Å². The number of rotatable bonds is 7. The number of carbonyl (C=O) groups is 2. The van der Waals surface area contributed by atoms with Gasteiger partial charge < -0.3 is 14.6 Å². The molecule has 0 unspecified atom stereocenters. The average molecular weight is 269 g/mol. The topological polar surface area (TPSA) is 84.7 Å². The van der Waals surface area contributed by atoms with Crippen LogP contribution >= 0.6 is 0 Å². The molecular weight excluding hydrogens is 250 g/mol. The van der Waals surface area contributed by atoms with E-state index in [0.717, 1.165) is 0 Å². The third-order valence-electron chi connectivity index (χ3n) is 2.31. The lowest BCUT2D eigenvalue weighted by atomic mass is 10.4. The number of likely N-dealkylation sites (N-methyl/N-ethyl adjacent to an activating group) is 1.